The third kappa shape index (κ3) is 4.19. The van der Waals surface area contributed by atoms with Gasteiger partial charge in [-0.1, -0.05) is 12.1 Å². The largest absolute Gasteiger partial charge is 0.416 e. The van der Waals surface area contributed by atoms with Crippen LogP contribution in [0.15, 0.2) is 29.6 Å². The monoisotopic (exact) mass is 370 g/mol. The van der Waals surface area contributed by atoms with Crippen molar-refractivity contribution in [2.24, 2.45) is 0 Å². The molecule has 1 aromatic heterocycles. The molecule has 1 aromatic carbocycles. The van der Waals surface area contributed by atoms with Crippen LogP contribution in [0.1, 0.15) is 29.4 Å². The number of rotatable bonds is 2. The average molecular weight is 370 g/mol. The smallest absolute Gasteiger partial charge is 0.377 e. The molecule has 3 rings (SSSR count). The summed E-state index contributed by atoms with van der Waals surface area (Å²) in [6.45, 7) is 3.65. The average Bonchev–Trinajstić information content (AvgIpc) is 2.96. The van der Waals surface area contributed by atoms with E-state index in [1.54, 1.807) is 10.3 Å². The molecule has 1 saturated heterocycles. The molecule has 0 saturated carbocycles. The predicted octanol–water partition coefficient (Wildman–Crippen LogP) is 4.08. The van der Waals surface area contributed by atoms with Crippen LogP contribution in [-0.4, -0.2) is 41.6 Å². The summed E-state index contributed by atoms with van der Waals surface area (Å²) in [5.41, 5.74) is 0.168. The number of thiazole rings is 1. The Morgan fingerprint density at radius 1 is 1.32 bits per heavy atom. The summed E-state index contributed by atoms with van der Waals surface area (Å²) in [5, 5.41) is 2.17. The molecule has 0 aliphatic carbocycles. The normalized spacial score (nSPS) is 18.9. The number of nitrogens with zero attached hydrogens (tertiary/aromatic N) is 2. The minimum absolute atomic E-state index is 0.0283. The van der Waals surface area contributed by atoms with E-state index in [0.717, 1.165) is 18.6 Å². The molecule has 0 spiro atoms. The van der Waals surface area contributed by atoms with Crippen molar-refractivity contribution in [2.45, 2.75) is 25.6 Å². The maximum Gasteiger partial charge on any atom is 0.416 e. The molecule has 134 valence electrons. The lowest BCUT2D eigenvalue weighted by molar-refractivity contribution is -0.137. The highest BCUT2D eigenvalue weighted by Gasteiger charge is 2.30. The highest BCUT2D eigenvalue weighted by Crippen LogP contribution is 2.32. The van der Waals surface area contributed by atoms with E-state index >= 15 is 0 Å². The zero-order valence-electron chi connectivity index (χ0n) is 13.5. The molecule has 2 aromatic rings. The maximum atomic E-state index is 12.6. The molecule has 4 nitrogen and oxygen atoms in total. The summed E-state index contributed by atoms with van der Waals surface area (Å²) in [5.74, 6) is -0.174. The summed E-state index contributed by atoms with van der Waals surface area (Å²) in [6.07, 6.45) is -3.63. The van der Waals surface area contributed by atoms with Crippen LogP contribution in [0.25, 0.3) is 10.6 Å². The number of aromatic nitrogens is 1. The Morgan fingerprint density at radius 3 is 2.72 bits per heavy atom. The molecule has 0 N–H and O–H groups in total. The van der Waals surface area contributed by atoms with E-state index in [0.29, 0.717) is 36.0 Å². The molecular weight excluding hydrogens is 353 g/mol. The van der Waals surface area contributed by atoms with Gasteiger partial charge in [-0.05, 0) is 25.5 Å². The molecule has 0 bridgehead atoms. The molecule has 25 heavy (non-hydrogen) atoms. The summed E-state index contributed by atoms with van der Waals surface area (Å²) < 4.78 is 43.4. The standard InChI is InChI=1S/C17H17F3N2O2S/c1-11-9-22(7-2-8-24-11)16(23)14-10-25-15(21-14)12-3-5-13(6-4-12)17(18,19)20/h3-6,10-11H,2,7-9H2,1H3. The minimum Gasteiger partial charge on any atom is -0.377 e. The van der Waals surface area contributed by atoms with Crippen LogP contribution in [0.3, 0.4) is 0 Å². The Balaban J connectivity index is 1.76. The van der Waals surface area contributed by atoms with Crippen LogP contribution >= 0.6 is 11.3 Å². The van der Waals surface area contributed by atoms with Crippen molar-refractivity contribution in [2.75, 3.05) is 19.7 Å². The Hall–Kier alpha value is -1.93. The Morgan fingerprint density at radius 2 is 2.04 bits per heavy atom. The van der Waals surface area contributed by atoms with E-state index < -0.39 is 11.7 Å². The predicted molar refractivity (Wildman–Crippen MR) is 88.5 cm³/mol. The number of ether oxygens (including phenoxy) is 1. The quantitative estimate of drug-likeness (QED) is 0.800. The Bertz CT molecular complexity index is 743. The van der Waals surface area contributed by atoms with Gasteiger partial charge in [-0.15, -0.1) is 11.3 Å². The lowest BCUT2D eigenvalue weighted by Gasteiger charge is -2.21. The molecule has 1 fully saturated rings. The van der Waals surface area contributed by atoms with Gasteiger partial charge in [0.1, 0.15) is 10.7 Å². The molecular formula is C17H17F3N2O2S. The molecule has 1 aliphatic heterocycles. The molecule has 0 radical (unpaired) electrons. The molecule has 1 amide bonds. The number of carbonyl (C=O) groups excluding carboxylic acids is 1. The fourth-order valence-electron chi connectivity index (χ4n) is 2.65. The zero-order chi connectivity index (χ0) is 18.0. The van der Waals surface area contributed by atoms with E-state index in [4.69, 9.17) is 4.74 Å². The van der Waals surface area contributed by atoms with E-state index in [-0.39, 0.29) is 12.0 Å². The molecule has 1 aliphatic rings. The maximum absolute atomic E-state index is 12.6. The van der Waals surface area contributed by atoms with E-state index in [2.05, 4.69) is 4.98 Å². The lowest BCUT2D eigenvalue weighted by Crippen LogP contribution is -2.36. The molecule has 1 atom stereocenters. The van der Waals surface area contributed by atoms with Crippen molar-refractivity contribution in [1.82, 2.24) is 9.88 Å². The number of benzene rings is 1. The van der Waals surface area contributed by atoms with Gasteiger partial charge < -0.3 is 9.64 Å². The first kappa shape index (κ1) is 17.9. The third-order valence-corrected chi connectivity index (χ3v) is 4.81. The Kier molecular flexibility index (Phi) is 5.10. The number of halogens is 3. The van der Waals surface area contributed by atoms with Gasteiger partial charge in [0.05, 0.1) is 11.7 Å². The van der Waals surface area contributed by atoms with Gasteiger partial charge in [0.25, 0.3) is 5.91 Å². The van der Waals surface area contributed by atoms with Crippen LogP contribution in [0.2, 0.25) is 0 Å². The second-order valence-corrected chi connectivity index (χ2v) is 6.76. The first-order valence-corrected chi connectivity index (χ1v) is 8.76. The number of amides is 1. The fourth-order valence-corrected chi connectivity index (χ4v) is 3.45. The summed E-state index contributed by atoms with van der Waals surface area (Å²) in [6, 6.07) is 4.79. The minimum atomic E-state index is -4.37. The first-order chi connectivity index (χ1) is 11.8. The van der Waals surface area contributed by atoms with Crippen LogP contribution < -0.4 is 0 Å². The second-order valence-electron chi connectivity index (χ2n) is 5.90. The summed E-state index contributed by atoms with van der Waals surface area (Å²) >= 11 is 1.24. The van der Waals surface area contributed by atoms with Crippen molar-refractivity contribution < 1.29 is 22.7 Å². The highest BCUT2D eigenvalue weighted by atomic mass is 32.1. The van der Waals surface area contributed by atoms with Gasteiger partial charge in [-0.3, -0.25) is 4.79 Å². The molecule has 8 heteroatoms. The SMILES string of the molecule is CC1CN(C(=O)c2csc(-c3ccc(C(F)(F)F)cc3)n2)CCCO1. The third-order valence-electron chi connectivity index (χ3n) is 3.92. The van der Waals surface area contributed by atoms with E-state index in [9.17, 15) is 18.0 Å². The number of alkyl halides is 3. The highest BCUT2D eigenvalue weighted by molar-refractivity contribution is 7.13. The second kappa shape index (κ2) is 7.13. The van der Waals surface area contributed by atoms with Gasteiger partial charge in [-0.25, -0.2) is 4.98 Å². The van der Waals surface area contributed by atoms with Crippen molar-refractivity contribution in [1.29, 1.82) is 0 Å². The molecule has 1 unspecified atom stereocenters. The van der Waals surface area contributed by atoms with Crippen molar-refractivity contribution in [3.05, 3.63) is 40.9 Å². The zero-order valence-corrected chi connectivity index (χ0v) is 14.4. The Labute approximate surface area is 147 Å². The fraction of sp³-hybridized carbons (Fsp3) is 0.412. The summed E-state index contributed by atoms with van der Waals surface area (Å²) in [7, 11) is 0. The van der Waals surface area contributed by atoms with Gasteiger partial charge in [0.15, 0.2) is 0 Å². The number of hydrogen-bond acceptors (Lipinski definition) is 4. The van der Waals surface area contributed by atoms with Crippen molar-refractivity contribution >= 4 is 17.2 Å². The lowest BCUT2D eigenvalue weighted by atomic mass is 10.1. The van der Waals surface area contributed by atoms with Gasteiger partial charge in [0.2, 0.25) is 0 Å². The summed E-state index contributed by atoms with van der Waals surface area (Å²) in [4.78, 5) is 18.6. The van der Waals surface area contributed by atoms with Crippen LogP contribution in [-0.2, 0) is 10.9 Å². The van der Waals surface area contributed by atoms with E-state index in [1.165, 1.54) is 23.5 Å². The first-order valence-electron chi connectivity index (χ1n) is 7.88. The van der Waals surface area contributed by atoms with Crippen LogP contribution in [0.4, 0.5) is 13.2 Å². The van der Waals surface area contributed by atoms with E-state index in [1.807, 2.05) is 6.92 Å². The number of carbonyl (C=O) groups is 1. The molecule has 2 heterocycles. The number of hydrogen-bond donors (Lipinski definition) is 0. The van der Waals surface area contributed by atoms with Crippen molar-refractivity contribution in [3.63, 3.8) is 0 Å². The van der Waals surface area contributed by atoms with Crippen LogP contribution in [0, 0.1) is 0 Å². The van der Waals surface area contributed by atoms with Gasteiger partial charge >= 0.3 is 6.18 Å². The van der Waals surface area contributed by atoms with Gasteiger partial charge in [-0.2, -0.15) is 13.2 Å². The van der Waals surface area contributed by atoms with Gasteiger partial charge in [0, 0.05) is 30.6 Å². The topological polar surface area (TPSA) is 42.4 Å². The van der Waals surface area contributed by atoms with Crippen molar-refractivity contribution in [3.8, 4) is 10.6 Å². The van der Waals surface area contributed by atoms with Crippen LogP contribution in [0.5, 0.6) is 0 Å².